The van der Waals surface area contributed by atoms with Crippen molar-refractivity contribution < 1.29 is 31.2 Å². The second-order valence-corrected chi connectivity index (χ2v) is 13.7. The van der Waals surface area contributed by atoms with Gasteiger partial charge in [0.25, 0.3) is 10.0 Å². The predicted octanol–water partition coefficient (Wildman–Crippen LogP) is 7.04. The number of halogens is 4. The minimum Gasteiger partial charge on any atom is -0.352 e. The van der Waals surface area contributed by atoms with Gasteiger partial charge in [-0.1, -0.05) is 78.9 Å². The Morgan fingerprint density at radius 1 is 0.978 bits per heavy atom. The van der Waals surface area contributed by atoms with E-state index in [1.165, 1.54) is 17.0 Å². The summed E-state index contributed by atoms with van der Waals surface area (Å²) in [6.07, 6.45) is -1.01. The summed E-state index contributed by atoms with van der Waals surface area (Å²) in [7, 11) is -4.55. The van der Waals surface area contributed by atoms with Crippen LogP contribution in [0.15, 0.2) is 71.6 Å². The molecule has 0 heterocycles. The van der Waals surface area contributed by atoms with Crippen LogP contribution in [0.1, 0.15) is 61.3 Å². The zero-order chi connectivity index (χ0) is 32.9. The van der Waals surface area contributed by atoms with Crippen LogP contribution in [-0.4, -0.2) is 43.8 Å². The largest absolute Gasteiger partial charge is 0.417 e. The van der Waals surface area contributed by atoms with Gasteiger partial charge >= 0.3 is 6.18 Å². The van der Waals surface area contributed by atoms with Crippen LogP contribution in [0.3, 0.4) is 0 Å². The van der Waals surface area contributed by atoms with Crippen LogP contribution in [0.5, 0.6) is 0 Å². The maximum absolute atomic E-state index is 14.2. The minimum atomic E-state index is -4.88. The fraction of sp³-hybridized carbons (Fsp3) is 0.394. The van der Waals surface area contributed by atoms with Crippen LogP contribution in [0.25, 0.3) is 0 Å². The summed E-state index contributed by atoms with van der Waals surface area (Å²) in [5, 5.41) is 2.42. The van der Waals surface area contributed by atoms with Crippen molar-refractivity contribution in [1.82, 2.24) is 10.2 Å². The standard InChI is InChI=1S/C33H37ClF3N3O4S/c1-4-30(32(42)38-25-10-5-6-11-25)39(20-24-9-7-8-23(3)18-24)31(41)21-40(45(43,44)27-15-12-22(2)13-16-27)26-14-17-29(34)28(19-26)33(35,36)37/h7-9,12-19,25,30H,4-6,10-11,20-21H2,1-3H3,(H,38,42)/t30-/m1/s1. The number of benzene rings is 3. The quantitative estimate of drug-likeness (QED) is 0.239. The van der Waals surface area contributed by atoms with Crippen molar-refractivity contribution in [3.05, 3.63) is 94.0 Å². The van der Waals surface area contributed by atoms with E-state index in [0.717, 1.165) is 48.9 Å². The van der Waals surface area contributed by atoms with Crippen molar-refractivity contribution >= 4 is 39.1 Å². The summed E-state index contributed by atoms with van der Waals surface area (Å²) in [5.74, 6) is -1.10. The fourth-order valence-electron chi connectivity index (χ4n) is 5.55. The van der Waals surface area contributed by atoms with E-state index < -0.39 is 45.3 Å². The number of nitrogens with zero attached hydrogens (tertiary/aromatic N) is 2. The van der Waals surface area contributed by atoms with Gasteiger partial charge in [-0.25, -0.2) is 8.42 Å². The number of hydrogen-bond donors (Lipinski definition) is 1. The normalized spacial score (nSPS) is 14.6. The molecule has 3 aromatic carbocycles. The molecule has 45 heavy (non-hydrogen) atoms. The molecule has 1 aliphatic rings. The molecule has 3 aromatic rings. The second kappa shape index (κ2) is 14.2. The van der Waals surface area contributed by atoms with Crippen LogP contribution >= 0.6 is 11.6 Å². The van der Waals surface area contributed by atoms with Crippen LogP contribution in [0.4, 0.5) is 18.9 Å². The lowest BCUT2D eigenvalue weighted by Gasteiger charge is -2.34. The molecule has 2 amide bonds. The van der Waals surface area contributed by atoms with Crippen molar-refractivity contribution in [3.8, 4) is 0 Å². The van der Waals surface area contributed by atoms with Gasteiger partial charge in [0.1, 0.15) is 12.6 Å². The molecule has 0 radical (unpaired) electrons. The third-order valence-electron chi connectivity index (χ3n) is 7.95. The number of alkyl halides is 3. The number of rotatable bonds is 11. The summed E-state index contributed by atoms with van der Waals surface area (Å²) in [4.78, 5) is 28.9. The molecule has 1 atom stereocenters. The van der Waals surface area contributed by atoms with E-state index in [9.17, 15) is 31.2 Å². The van der Waals surface area contributed by atoms with Gasteiger partial charge in [-0.05, 0) is 69.0 Å². The lowest BCUT2D eigenvalue weighted by molar-refractivity contribution is -0.140. The number of sulfonamides is 1. The van der Waals surface area contributed by atoms with Crippen molar-refractivity contribution in [2.24, 2.45) is 0 Å². The molecule has 0 aromatic heterocycles. The molecule has 1 fully saturated rings. The fourth-order valence-corrected chi connectivity index (χ4v) is 7.18. The molecule has 0 bridgehead atoms. The van der Waals surface area contributed by atoms with Gasteiger partial charge in [-0.2, -0.15) is 13.2 Å². The molecular formula is C33H37ClF3N3O4S. The first-order valence-electron chi connectivity index (χ1n) is 14.8. The van der Waals surface area contributed by atoms with E-state index in [1.807, 2.05) is 25.1 Å². The highest BCUT2D eigenvalue weighted by Gasteiger charge is 2.37. The van der Waals surface area contributed by atoms with Crippen molar-refractivity contribution in [3.63, 3.8) is 0 Å². The molecule has 0 spiro atoms. The Hall–Kier alpha value is -3.57. The molecule has 0 aliphatic heterocycles. The number of aryl methyl sites for hydroxylation is 2. The smallest absolute Gasteiger partial charge is 0.352 e. The van der Waals surface area contributed by atoms with E-state index in [0.29, 0.717) is 15.9 Å². The molecule has 12 heteroatoms. The van der Waals surface area contributed by atoms with Crippen molar-refractivity contribution in [2.45, 2.75) is 82.6 Å². The topological polar surface area (TPSA) is 86.8 Å². The average Bonchev–Trinajstić information content (AvgIpc) is 3.48. The first-order valence-corrected chi connectivity index (χ1v) is 16.6. The Balaban J connectivity index is 1.78. The van der Waals surface area contributed by atoms with Crippen molar-refractivity contribution in [1.29, 1.82) is 0 Å². The van der Waals surface area contributed by atoms with Gasteiger partial charge in [0, 0.05) is 12.6 Å². The maximum Gasteiger partial charge on any atom is 0.417 e. The molecule has 1 aliphatic carbocycles. The van der Waals surface area contributed by atoms with Gasteiger partial charge in [-0.3, -0.25) is 13.9 Å². The Labute approximate surface area is 267 Å². The van der Waals surface area contributed by atoms with Crippen LogP contribution in [0.2, 0.25) is 5.02 Å². The van der Waals surface area contributed by atoms with E-state index in [-0.39, 0.29) is 35.5 Å². The van der Waals surface area contributed by atoms with Crippen LogP contribution in [0, 0.1) is 13.8 Å². The Morgan fingerprint density at radius 3 is 2.24 bits per heavy atom. The second-order valence-electron chi connectivity index (χ2n) is 11.4. The van der Waals surface area contributed by atoms with E-state index >= 15 is 0 Å². The van der Waals surface area contributed by atoms with E-state index in [4.69, 9.17) is 11.6 Å². The highest BCUT2D eigenvalue weighted by molar-refractivity contribution is 7.92. The summed E-state index contributed by atoms with van der Waals surface area (Å²) < 4.78 is 70.3. The summed E-state index contributed by atoms with van der Waals surface area (Å²) in [6.45, 7) is 4.54. The summed E-state index contributed by atoms with van der Waals surface area (Å²) in [5.41, 5.74) is 0.782. The van der Waals surface area contributed by atoms with Crippen LogP contribution < -0.4 is 9.62 Å². The number of carbonyl (C=O) groups is 2. The lowest BCUT2D eigenvalue weighted by Crippen LogP contribution is -2.53. The third kappa shape index (κ3) is 8.38. The SMILES string of the molecule is CC[C@H](C(=O)NC1CCCC1)N(Cc1cccc(C)c1)C(=O)CN(c1ccc(Cl)c(C(F)(F)F)c1)S(=O)(=O)c1ccc(C)cc1. The molecule has 0 unspecified atom stereocenters. The van der Waals surface area contributed by atoms with Gasteiger partial charge < -0.3 is 10.2 Å². The Morgan fingerprint density at radius 2 is 1.64 bits per heavy atom. The highest BCUT2D eigenvalue weighted by atomic mass is 35.5. The third-order valence-corrected chi connectivity index (χ3v) is 10.1. The first-order chi connectivity index (χ1) is 21.2. The van der Waals surface area contributed by atoms with Gasteiger partial charge in [0.2, 0.25) is 11.8 Å². The highest BCUT2D eigenvalue weighted by Crippen LogP contribution is 2.38. The number of hydrogen-bond acceptors (Lipinski definition) is 4. The molecule has 242 valence electrons. The molecule has 1 saturated carbocycles. The van der Waals surface area contributed by atoms with Crippen LogP contribution in [-0.2, 0) is 32.3 Å². The number of carbonyl (C=O) groups excluding carboxylic acids is 2. The summed E-state index contributed by atoms with van der Waals surface area (Å²) >= 11 is 5.85. The number of anilines is 1. The van der Waals surface area contributed by atoms with Crippen molar-refractivity contribution in [2.75, 3.05) is 10.8 Å². The molecular weight excluding hydrogens is 627 g/mol. The zero-order valence-electron chi connectivity index (χ0n) is 25.4. The molecule has 4 rings (SSSR count). The Bertz CT molecular complexity index is 1620. The van der Waals surface area contributed by atoms with Gasteiger partial charge in [0.15, 0.2) is 0 Å². The average molecular weight is 664 g/mol. The number of nitrogens with one attached hydrogen (secondary N) is 1. The van der Waals surface area contributed by atoms with E-state index in [2.05, 4.69) is 5.32 Å². The summed E-state index contributed by atoms with van der Waals surface area (Å²) in [6, 6.07) is 14.9. The van der Waals surface area contributed by atoms with Gasteiger partial charge in [-0.15, -0.1) is 0 Å². The molecule has 1 N–H and O–H groups in total. The monoisotopic (exact) mass is 663 g/mol. The lowest BCUT2D eigenvalue weighted by atomic mass is 10.1. The zero-order valence-corrected chi connectivity index (χ0v) is 27.0. The van der Waals surface area contributed by atoms with Gasteiger partial charge in [0.05, 0.1) is 21.2 Å². The minimum absolute atomic E-state index is 0.00998. The first kappa shape index (κ1) is 34.3. The molecule has 0 saturated heterocycles. The van der Waals surface area contributed by atoms with E-state index in [1.54, 1.807) is 32.0 Å². The predicted molar refractivity (Wildman–Crippen MR) is 168 cm³/mol. The Kier molecular flexibility index (Phi) is 10.9. The number of amides is 2. The maximum atomic E-state index is 14.2. The molecule has 7 nitrogen and oxygen atoms in total.